The van der Waals surface area contributed by atoms with E-state index >= 15 is 0 Å². The van der Waals surface area contributed by atoms with E-state index in [0.29, 0.717) is 0 Å². The van der Waals surface area contributed by atoms with E-state index < -0.39 is 0 Å². The monoisotopic (exact) mass is 234 g/mol. The number of fused-ring (bicyclic) bond motifs is 1. The van der Waals surface area contributed by atoms with Gasteiger partial charge in [-0.2, -0.15) is 0 Å². The largest absolute Gasteiger partial charge is 0.298 e. The van der Waals surface area contributed by atoms with Gasteiger partial charge in [0.25, 0.3) is 0 Å². The Kier molecular flexibility index (Phi) is 4.88. The summed E-state index contributed by atoms with van der Waals surface area (Å²) in [5, 5.41) is 0. The molecule has 2 rings (SSSR count). The van der Waals surface area contributed by atoms with Crippen molar-refractivity contribution < 1.29 is 0 Å². The first-order chi connectivity index (χ1) is 8.35. The van der Waals surface area contributed by atoms with E-state index in [1.165, 1.54) is 58.3 Å². The van der Waals surface area contributed by atoms with Crippen LogP contribution in [0.3, 0.4) is 0 Å². The average molecular weight is 234 g/mol. The number of hydrogen-bond acceptors (Lipinski definition) is 2. The summed E-state index contributed by atoms with van der Waals surface area (Å²) in [4.78, 5) is 5.43. The molecule has 2 heterocycles. The van der Waals surface area contributed by atoms with Gasteiger partial charge in [0.05, 0.1) is 0 Å². The SMILES string of the molecule is C#CCCCN1CC2CCCCN2CC1CC. The summed E-state index contributed by atoms with van der Waals surface area (Å²) < 4.78 is 0. The molecule has 0 aromatic heterocycles. The first-order valence-electron chi connectivity index (χ1n) is 7.26. The second-order valence-corrected chi connectivity index (χ2v) is 5.51. The molecule has 0 aliphatic carbocycles. The Hall–Kier alpha value is -0.520. The molecule has 0 spiro atoms. The van der Waals surface area contributed by atoms with Gasteiger partial charge < -0.3 is 0 Å². The minimum absolute atomic E-state index is 0.766. The van der Waals surface area contributed by atoms with Crippen molar-refractivity contribution in [1.29, 1.82) is 0 Å². The Morgan fingerprint density at radius 2 is 2.18 bits per heavy atom. The van der Waals surface area contributed by atoms with Gasteiger partial charge in [-0.1, -0.05) is 13.3 Å². The van der Waals surface area contributed by atoms with Crippen molar-refractivity contribution in [2.45, 2.75) is 57.5 Å². The molecule has 17 heavy (non-hydrogen) atoms. The fraction of sp³-hybridized carbons (Fsp3) is 0.867. The van der Waals surface area contributed by atoms with Gasteiger partial charge in [-0.05, 0) is 38.8 Å². The Morgan fingerprint density at radius 3 is 2.94 bits per heavy atom. The number of hydrogen-bond donors (Lipinski definition) is 0. The van der Waals surface area contributed by atoms with Crippen LogP contribution in [0.25, 0.3) is 0 Å². The van der Waals surface area contributed by atoms with Crippen LogP contribution in [0.1, 0.15) is 45.4 Å². The smallest absolute Gasteiger partial charge is 0.0223 e. The zero-order valence-electron chi connectivity index (χ0n) is 11.2. The third kappa shape index (κ3) is 3.24. The van der Waals surface area contributed by atoms with Gasteiger partial charge in [-0.25, -0.2) is 0 Å². The van der Waals surface area contributed by atoms with Crippen molar-refractivity contribution in [3.05, 3.63) is 0 Å². The van der Waals surface area contributed by atoms with Crippen LogP contribution in [-0.2, 0) is 0 Å². The maximum absolute atomic E-state index is 5.34. The lowest BCUT2D eigenvalue weighted by molar-refractivity contribution is 0.00736. The van der Waals surface area contributed by atoms with Crippen LogP contribution >= 0.6 is 0 Å². The Bertz CT molecular complexity index is 269. The highest BCUT2D eigenvalue weighted by atomic mass is 15.3. The van der Waals surface area contributed by atoms with Crippen LogP contribution < -0.4 is 0 Å². The second-order valence-electron chi connectivity index (χ2n) is 5.51. The number of unbranched alkanes of at least 4 members (excludes halogenated alkanes) is 1. The van der Waals surface area contributed by atoms with Gasteiger partial charge in [-0.3, -0.25) is 9.80 Å². The van der Waals surface area contributed by atoms with E-state index in [0.717, 1.165) is 18.5 Å². The average Bonchev–Trinajstić information content (AvgIpc) is 2.38. The molecular weight excluding hydrogens is 208 g/mol. The molecule has 0 aromatic carbocycles. The summed E-state index contributed by atoms with van der Waals surface area (Å²) in [7, 11) is 0. The van der Waals surface area contributed by atoms with Crippen molar-refractivity contribution in [2.75, 3.05) is 26.2 Å². The molecule has 0 bridgehead atoms. The van der Waals surface area contributed by atoms with Gasteiger partial charge in [-0.15, -0.1) is 12.3 Å². The van der Waals surface area contributed by atoms with Crippen LogP contribution in [-0.4, -0.2) is 48.1 Å². The van der Waals surface area contributed by atoms with E-state index in [1.54, 1.807) is 0 Å². The molecule has 2 fully saturated rings. The van der Waals surface area contributed by atoms with Crippen LogP contribution in [0.4, 0.5) is 0 Å². The van der Waals surface area contributed by atoms with Crippen LogP contribution in [0.2, 0.25) is 0 Å². The lowest BCUT2D eigenvalue weighted by Crippen LogP contribution is -2.59. The topological polar surface area (TPSA) is 6.48 Å². The van der Waals surface area contributed by atoms with Gasteiger partial charge in [0, 0.05) is 31.6 Å². The standard InChI is InChI=1S/C15H26N2/c1-3-5-7-10-16-13-15-9-6-8-11-17(15)12-14(16)4-2/h1,14-15H,4-13H2,2H3. The highest BCUT2D eigenvalue weighted by molar-refractivity contribution is 4.91. The highest BCUT2D eigenvalue weighted by Crippen LogP contribution is 2.25. The normalized spacial score (nSPS) is 30.8. The van der Waals surface area contributed by atoms with E-state index in [-0.39, 0.29) is 0 Å². The highest BCUT2D eigenvalue weighted by Gasteiger charge is 2.33. The first kappa shape index (κ1) is 12.9. The molecule has 0 radical (unpaired) electrons. The van der Waals surface area contributed by atoms with Crippen LogP contribution in [0, 0.1) is 12.3 Å². The van der Waals surface area contributed by atoms with Gasteiger partial charge in [0.15, 0.2) is 0 Å². The Labute approximate surface area is 106 Å². The van der Waals surface area contributed by atoms with Crippen molar-refractivity contribution >= 4 is 0 Å². The molecule has 96 valence electrons. The molecule has 2 atom stereocenters. The fourth-order valence-corrected chi connectivity index (χ4v) is 3.36. The third-order valence-corrected chi connectivity index (χ3v) is 4.39. The summed E-state index contributed by atoms with van der Waals surface area (Å²) in [6.07, 6.45) is 13.0. The number of nitrogens with zero attached hydrogens (tertiary/aromatic N) is 2. The van der Waals surface area contributed by atoms with Gasteiger partial charge in [0.1, 0.15) is 0 Å². The first-order valence-corrected chi connectivity index (χ1v) is 7.26. The molecule has 0 saturated carbocycles. The quantitative estimate of drug-likeness (QED) is 0.544. The minimum atomic E-state index is 0.766. The molecule has 2 unspecified atom stereocenters. The zero-order chi connectivity index (χ0) is 12.1. The summed E-state index contributed by atoms with van der Waals surface area (Å²) in [5.41, 5.74) is 0. The zero-order valence-corrected chi connectivity index (χ0v) is 11.2. The summed E-state index contributed by atoms with van der Waals surface area (Å²) >= 11 is 0. The number of rotatable bonds is 4. The summed E-state index contributed by atoms with van der Waals surface area (Å²) in [6.45, 7) is 7.43. The van der Waals surface area contributed by atoms with Gasteiger partial charge in [0.2, 0.25) is 0 Å². The molecule has 2 aliphatic rings. The number of piperazine rings is 1. The van der Waals surface area contributed by atoms with Crippen molar-refractivity contribution in [3.63, 3.8) is 0 Å². The Morgan fingerprint density at radius 1 is 1.29 bits per heavy atom. The van der Waals surface area contributed by atoms with E-state index in [2.05, 4.69) is 22.6 Å². The van der Waals surface area contributed by atoms with E-state index in [4.69, 9.17) is 6.42 Å². The molecule has 0 amide bonds. The molecular formula is C15H26N2. The van der Waals surface area contributed by atoms with Gasteiger partial charge >= 0.3 is 0 Å². The molecule has 2 saturated heterocycles. The van der Waals surface area contributed by atoms with Crippen molar-refractivity contribution in [2.24, 2.45) is 0 Å². The van der Waals surface area contributed by atoms with Crippen molar-refractivity contribution in [1.82, 2.24) is 9.80 Å². The molecule has 2 nitrogen and oxygen atoms in total. The molecule has 2 heteroatoms. The molecule has 2 aliphatic heterocycles. The molecule has 0 N–H and O–H groups in total. The summed E-state index contributed by atoms with van der Waals surface area (Å²) in [6, 6.07) is 1.60. The third-order valence-electron chi connectivity index (χ3n) is 4.39. The van der Waals surface area contributed by atoms with Crippen LogP contribution in [0.15, 0.2) is 0 Å². The fourth-order valence-electron chi connectivity index (χ4n) is 3.36. The van der Waals surface area contributed by atoms with E-state index in [1.807, 2.05) is 0 Å². The number of piperidine rings is 1. The van der Waals surface area contributed by atoms with Crippen LogP contribution in [0.5, 0.6) is 0 Å². The lowest BCUT2D eigenvalue weighted by atomic mass is 9.95. The molecule has 0 aromatic rings. The maximum atomic E-state index is 5.34. The van der Waals surface area contributed by atoms with E-state index in [9.17, 15) is 0 Å². The second kappa shape index (κ2) is 6.42. The predicted molar refractivity (Wildman–Crippen MR) is 72.9 cm³/mol. The number of terminal acetylenes is 1. The Balaban J connectivity index is 1.88. The predicted octanol–water partition coefficient (Wildman–Crippen LogP) is 2.35. The minimum Gasteiger partial charge on any atom is -0.298 e. The van der Waals surface area contributed by atoms with Crippen molar-refractivity contribution in [3.8, 4) is 12.3 Å². The summed E-state index contributed by atoms with van der Waals surface area (Å²) in [5.74, 6) is 2.76. The lowest BCUT2D eigenvalue weighted by Gasteiger charge is -2.48. The maximum Gasteiger partial charge on any atom is 0.0223 e.